The van der Waals surface area contributed by atoms with E-state index in [1.807, 2.05) is 12.1 Å². The maximum absolute atomic E-state index is 10.0. The van der Waals surface area contributed by atoms with E-state index < -0.39 is 12.2 Å². The number of aliphatic hydroxyl groups is 2. The Morgan fingerprint density at radius 1 is 1.32 bits per heavy atom. The topological polar surface area (TPSA) is 62.6 Å². The number of aliphatic hydroxyl groups excluding tert-OH is 2. The Bertz CT molecular complexity index is 586. The van der Waals surface area contributed by atoms with Gasteiger partial charge in [-0.05, 0) is 25.1 Å². The predicted molar refractivity (Wildman–Crippen MR) is 74.6 cm³/mol. The van der Waals surface area contributed by atoms with Crippen LogP contribution in [-0.4, -0.2) is 28.4 Å². The van der Waals surface area contributed by atoms with Gasteiger partial charge in [-0.25, -0.2) is 4.98 Å². The molecule has 4 nitrogen and oxygen atoms in total. The number of halogens is 1. The fourth-order valence-corrected chi connectivity index (χ4v) is 2.22. The summed E-state index contributed by atoms with van der Waals surface area (Å²) >= 11 is 6.08. The van der Waals surface area contributed by atoms with Crippen LogP contribution in [0.2, 0.25) is 5.15 Å². The molecule has 0 aliphatic carbocycles. The van der Waals surface area contributed by atoms with Crippen molar-refractivity contribution in [3.8, 4) is 5.75 Å². The summed E-state index contributed by atoms with van der Waals surface area (Å²) in [7, 11) is 1.59. The molecule has 0 aliphatic rings. The van der Waals surface area contributed by atoms with Crippen LogP contribution < -0.4 is 4.74 Å². The van der Waals surface area contributed by atoms with Crippen LogP contribution in [0.5, 0.6) is 5.75 Å². The van der Waals surface area contributed by atoms with Crippen LogP contribution in [0.15, 0.2) is 24.3 Å². The number of aromatic nitrogens is 1. The van der Waals surface area contributed by atoms with E-state index in [4.69, 9.17) is 16.3 Å². The second-order valence-corrected chi connectivity index (χ2v) is 4.89. The lowest BCUT2D eigenvalue weighted by molar-refractivity contribution is 0.0907. The van der Waals surface area contributed by atoms with Crippen molar-refractivity contribution in [2.75, 3.05) is 7.11 Å². The third-order valence-corrected chi connectivity index (χ3v) is 3.23. The summed E-state index contributed by atoms with van der Waals surface area (Å²) in [6.07, 6.45) is -1.20. The van der Waals surface area contributed by atoms with Gasteiger partial charge in [0.25, 0.3) is 0 Å². The number of hydrogen-bond donors (Lipinski definition) is 2. The van der Waals surface area contributed by atoms with Crippen LogP contribution in [0, 0.1) is 0 Å². The minimum atomic E-state index is -0.827. The largest absolute Gasteiger partial charge is 0.497 e. The number of ether oxygens (including phenoxy) is 1. The average Bonchev–Trinajstić information content (AvgIpc) is 2.36. The van der Waals surface area contributed by atoms with Gasteiger partial charge in [0.1, 0.15) is 10.9 Å². The molecule has 0 saturated carbocycles. The fourth-order valence-electron chi connectivity index (χ4n) is 1.95. The Kier molecular flexibility index (Phi) is 4.24. The fraction of sp³-hybridized carbons (Fsp3) is 0.357. The smallest absolute Gasteiger partial charge is 0.135 e. The lowest BCUT2D eigenvalue weighted by atomic mass is 10.0. The van der Waals surface area contributed by atoms with Crippen molar-refractivity contribution in [1.82, 2.24) is 4.98 Å². The van der Waals surface area contributed by atoms with E-state index in [0.29, 0.717) is 16.8 Å². The van der Waals surface area contributed by atoms with Gasteiger partial charge in [0.15, 0.2) is 0 Å². The van der Waals surface area contributed by atoms with E-state index in [0.717, 1.165) is 5.39 Å². The van der Waals surface area contributed by atoms with Crippen LogP contribution >= 0.6 is 11.6 Å². The standard InChI is InChI=1S/C14H16ClNO3/c1-8(17)5-13(18)11-6-9-3-4-10(19-2)7-12(9)16-14(11)15/h3-4,6-8,13,17-18H,5H2,1-2H3/t8-,13+/m1/s1. The molecule has 102 valence electrons. The van der Waals surface area contributed by atoms with Gasteiger partial charge >= 0.3 is 0 Å². The molecule has 2 atom stereocenters. The first kappa shape index (κ1) is 14.1. The highest BCUT2D eigenvalue weighted by molar-refractivity contribution is 6.30. The van der Waals surface area contributed by atoms with Crippen molar-refractivity contribution >= 4 is 22.5 Å². The van der Waals surface area contributed by atoms with Gasteiger partial charge < -0.3 is 14.9 Å². The molecule has 2 rings (SSSR count). The number of hydrogen-bond acceptors (Lipinski definition) is 4. The molecular weight excluding hydrogens is 266 g/mol. The summed E-state index contributed by atoms with van der Waals surface area (Å²) in [5.74, 6) is 0.702. The summed E-state index contributed by atoms with van der Waals surface area (Å²) in [6, 6.07) is 7.25. The van der Waals surface area contributed by atoms with E-state index in [1.54, 1.807) is 26.2 Å². The van der Waals surface area contributed by atoms with Gasteiger partial charge in [0, 0.05) is 23.4 Å². The van der Waals surface area contributed by atoms with Gasteiger partial charge in [-0.15, -0.1) is 0 Å². The summed E-state index contributed by atoms with van der Waals surface area (Å²) in [5.41, 5.74) is 1.23. The Labute approximate surface area is 116 Å². The van der Waals surface area contributed by atoms with Crippen molar-refractivity contribution in [3.05, 3.63) is 35.0 Å². The van der Waals surface area contributed by atoms with Crippen LogP contribution in [0.1, 0.15) is 25.0 Å². The van der Waals surface area contributed by atoms with Crippen molar-refractivity contribution in [2.24, 2.45) is 0 Å². The molecule has 0 bridgehead atoms. The quantitative estimate of drug-likeness (QED) is 0.846. The molecule has 5 heteroatoms. The Morgan fingerprint density at radius 3 is 2.68 bits per heavy atom. The molecule has 0 radical (unpaired) electrons. The predicted octanol–water partition coefficient (Wildman–Crippen LogP) is 2.70. The lowest BCUT2D eigenvalue weighted by Crippen LogP contribution is -2.09. The number of rotatable bonds is 4. The Balaban J connectivity index is 2.44. The zero-order chi connectivity index (χ0) is 14.0. The minimum absolute atomic E-state index is 0.225. The number of benzene rings is 1. The van der Waals surface area contributed by atoms with Crippen molar-refractivity contribution < 1.29 is 14.9 Å². The second kappa shape index (κ2) is 5.74. The summed E-state index contributed by atoms with van der Waals surface area (Å²) in [6.45, 7) is 1.62. The highest BCUT2D eigenvalue weighted by Crippen LogP contribution is 2.29. The van der Waals surface area contributed by atoms with E-state index in [9.17, 15) is 10.2 Å². The third-order valence-electron chi connectivity index (χ3n) is 2.93. The third kappa shape index (κ3) is 3.15. The van der Waals surface area contributed by atoms with Crippen molar-refractivity contribution in [1.29, 1.82) is 0 Å². The highest BCUT2D eigenvalue weighted by Gasteiger charge is 2.16. The van der Waals surface area contributed by atoms with Crippen LogP contribution in [-0.2, 0) is 0 Å². The van der Waals surface area contributed by atoms with Gasteiger partial charge in [-0.2, -0.15) is 0 Å². The molecule has 0 unspecified atom stereocenters. The van der Waals surface area contributed by atoms with E-state index in [-0.39, 0.29) is 11.6 Å². The maximum Gasteiger partial charge on any atom is 0.135 e. The van der Waals surface area contributed by atoms with Gasteiger partial charge in [0.05, 0.1) is 24.8 Å². The second-order valence-electron chi connectivity index (χ2n) is 4.53. The summed E-state index contributed by atoms with van der Waals surface area (Å²) in [4.78, 5) is 4.26. The minimum Gasteiger partial charge on any atom is -0.497 e. The summed E-state index contributed by atoms with van der Waals surface area (Å²) in [5, 5.41) is 20.4. The molecule has 2 aromatic rings. The molecule has 0 fully saturated rings. The van der Waals surface area contributed by atoms with Gasteiger partial charge in [0.2, 0.25) is 0 Å². The molecular formula is C14H16ClNO3. The molecule has 0 spiro atoms. The monoisotopic (exact) mass is 281 g/mol. The van der Waals surface area contributed by atoms with Gasteiger partial charge in [-0.3, -0.25) is 0 Å². The zero-order valence-corrected chi connectivity index (χ0v) is 11.6. The Morgan fingerprint density at radius 2 is 2.05 bits per heavy atom. The number of pyridine rings is 1. The normalized spacial score (nSPS) is 14.4. The zero-order valence-electron chi connectivity index (χ0n) is 10.8. The Hall–Kier alpha value is -1.36. The highest BCUT2D eigenvalue weighted by atomic mass is 35.5. The molecule has 19 heavy (non-hydrogen) atoms. The maximum atomic E-state index is 10.0. The van der Waals surface area contributed by atoms with E-state index in [1.165, 1.54) is 0 Å². The first-order valence-corrected chi connectivity index (χ1v) is 6.39. The molecule has 2 N–H and O–H groups in total. The van der Waals surface area contributed by atoms with E-state index in [2.05, 4.69) is 4.98 Å². The summed E-state index contributed by atoms with van der Waals surface area (Å²) < 4.78 is 5.13. The van der Waals surface area contributed by atoms with E-state index >= 15 is 0 Å². The average molecular weight is 282 g/mol. The number of fused-ring (bicyclic) bond motifs is 1. The van der Waals surface area contributed by atoms with Gasteiger partial charge in [-0.1, -0.05) is 11.6 Å². The molecule has 0 saturated heterocycles. The molecule has 1 aromatic heterocycles. The van der Waals surface area contributed by atoms with Crippen LogP contribution in [0.4, 0.5) is 0 Å². The first-order valence-electron chi connectivity index (χ1n) is 6.01. The SMILES string of the molecule is COc1ccc2cc([C@@H](O)C[C@@H](C)O)c(Cl)nc2c1. The lowest BCUT2D eigenvalue weighted by Gasteiger charge is -2.14. The van der Waals surface area contributed by atoms with Crippen LogP contribution in [0.3, 0.4) is 0 Å². The van der Waals surface area contributed by atoms with Crippen molar-refractivity contribution in [2.45, 2.75) is 25.6 Å². The molecule has 1 aromatic carbocycles. The van der Waals surface area contributed by atoms with Crippen molar-refractivity contribution in [3.63, 3.8) is 0 Å². The molecule has 1 heterocycles. The number of methoxy groups -OCH3 is 1. The van der Waals surface area contributed by atoms with Crippen LogP contribution in [0.25, 0.3) is 10.9 Å². The molecule has 0 amide bonds. The molecule has 0 aliphatic heterocycles. The number of nitrogens with zero attached hydrogens (tertiary/aromatic N) is 1. The first-order chi connectivity index (χ1) is 9.01.